The van der Waals surface area contributed by atoms with Crippen molar-refractivity contribution in [2.45, 2.75) is 20.8 Å². The van der Waals surface area contributed by atoms with Crippen molar-refractivity contribution < 1.29 is 19.1 Å². The van der Waals surface area contributed by atoms with Gasteiger partial charge in [-0.15, -0.1) is 11.3 Å². The molecule has 33 heavy (non-hydrogen) atoms. The van der Waals surface area contributed by atoms with Gasteiger partial charge in [0.25, 0.3) is 5.91 Å². The monoisotopic (exact) mass is 462 g/mol. The molecule has 4 rings (SSSR count). The Bertz CT molecular complexity index is 1400. The van der Waals surface area contributed by atoms with Gasteiger partial charge >= 0.3 is 5.97 Å². The van der Waals surface area contributed by atoms with Crippen molar-refractivity contribution >= 4 is 44.9 Å². The molecule has 1 N–H and O–H groups in total. The molecular formula is C24H22N4O4S. The fourth-order valence-electron chi connectivity index (χ4n) is 3.62. The van der Waals surface area contributed by atoms with Gasteiger partial charge in [0.1, 0.15) is 5.00 Å². The van der Waals surface area contributed by atoms with Crippen molar-refractivity contribution in [3.8, 4) is 11.3 Å². The van der Waals surface area contributed by atoms with Crippen LogP contribution in [-0.4, -0.2) is 39.0 Å². The van der Waals surface area contributed by atoms with E-state index in [0.717, 1.165) is 16.9 Å². The molecule has 0 saturated carbocycles. The average molecular weight is 463 g/mol. The van der Waals surface area contributed by atoms with Gasteiger partial charge in [-0.25, -0.2) is 9.78 Å². The lowest BCUT2D eigenvalue weighted by molar-refractivity contribution is 0.0527. The molecule has 0 aliphatic rings. The number of fused-ring (bicyclic) bond motifs is 1. The highest BCUT2D eigenvalue weighted by atomic mass is 32.1. The molecule has 3 heterocycles. The minimum atomic E-state index is -0.579. The van der Waals surface area contributed by atoms with E-state index in [1.54, 1.807) is 37.8 Å². The van der Waals surface area contributed by atoms with E-state index in [1.165, 1.54) is 6.92 Å². The molecule has 0 bridgehead atoms. The van der Waals surface area contributed by atoms with Crippen LogP contribution in [0.25, 0.3) is 22.2 Å². The predicted molar refractivity (Wildman–Crippen MR) is 127 cm³/mol. The molecule has 0 spiro atoms. The second-order valence-corrected chi connectivity index (χ2v) is 8.49. The standard InChI is InChI=1S/C24H22N4O4S/c1-5-32-24(31)20-13(2)21(14(3)29)33-23(20)27-22(30)17-10-19(15-11-25-28(4)12-15)26-18-9-7-6-8-16(17)18/h6-12H,5H2,1-4H3,(H,27,30). The summed E-state index contributed by atoms with van der Waals surface area (Å²) >= 11 is 1.07. The number of esters is 1. The van der Waals surface area contributed by atoms with Crippen LogP contribution in [0.1, 0.15) is 49.8 Å². The second-order valence-electron chi connectivity index (χ2n) is 7.47. The van der Waals surface area contributed by atoms with Crippen molar-refractivity contribution in [1.29, 1.82) is 0 Å². The summed E-state index contributed by atoms with van der Waals surface area (Å²) in [5, 5.41) is 7.97. The summed E-state index contributed by atoms with van der Waals surface area (Å²) < 4.78 is 6.83. The molecule has 9 heteroatoms. The van der Waals surface area contributed by atoms with E-state index in [0.29, 0.717) is 32.6 Å². The number of ketones is 1. The number of benzene rings is 1. The summed E-state index contributed by atoms with van der Waals surface area (Å²) in [5.74, 6) is -1.18. The number of thiophene rings is 1. The minimum Gasteiger partial charge on any atom is -0.462 e. The Kier molecular flexibility index (Phi) is 6.06. The predicted octanol–water partition coefficient (Wildman–Crippen LogP) is 4.64. The topological polar surface area (TPSA) is 103 Å². The Morgan fingerprint density at radius 2 is 1.97 bits per heavy atom. The van der Waals surface area contributed by atoms with Gasteiger partial charge in [0.15, 0.2) is 5.78 Å². The normalized spacial score (nSPS) is 10.9. The third-order valence-electron chi connectivity index (χ3n) is 5.13. The number of rotatable bonds is 6. The molecule has 0 fully saturated rings. The van der Waals surface area contributed by atoms with Gasteiger partial charge in [-0.3, -0.25) is 14.3 Å². The smallest absolute Gasteiger partial charge is 0.341 e. The number of hydrogen-bond acceptors (Lipinski definition) is 7. The summed E-state index contributed by atoms with van der Waals surface area (Å²) in [5.41, 5.74) is 3.12. The van der Waals surface area contributed by atoms with E-state index in [4.69, 9.17) is 4.74 Å². The second kappa shape index (κ2) is 8.95. The Labute approximate surface area is 194 Å². The van der Waals surface area contributed by atoms with Crippen LogP contribution in [0.5, 0.6) is 0 Å². The van der Waals surface area contributed by atoms with Crippen LogP contribution in [0.4, 0.5) is 5.00 Å². The SMILES string of the molecule is CCOC(=O)c1c(NC(=O)c2cc(-c3cnn(C)c3)nc3ccccc23)sc(C(C)=O)c1C. The first-order valence-electron chi connectivity index (χ1n) is 10.3. The Morgan fingerprint density at radius 3 is 2.64 bits per heavy atom. The average Bonchev–Trinajstić information content (AvgIpc) is 3.36. The van der Waals surface area contributed by atoms with Crippen molar-refractivity contribution in [3.63, 3.8) is 0 Å². The van der Waals surface area contributed by atoms with Gasteiger partial charge in [0.2, 0.25) is 0 Å². The first-order chi connectivity index (χ1) is 15.8. The lowest BCUT2D eigenvalue weighted by Crippen LogP contribution is -2.15. The fraction of sp³-hybridized carbons (Fsp3) is 0.208. The van der Waals surface area contributed by atoms with Crippen LogP contribution >= 0.6 is 11.3 Å². The number of pyridine rings is 1. The van der Waals surface area contributed by atoms with E-state index < -0.39 is 11.9 Å². The van der Waals surface area contributed by atoms with Gasteiger partial charge in [0, 0.05) is 24.2 Å². The molecule has 3 aromatic heterocycles. The van der Waals surface area contributed by atoms with Gasteiger partial charge < -0.3 is 10.1 Å². The number of aromatic nitrogens is 3. The van der Waals surface area contributed by atoms with Crippen molar-refractivity contribution in [1.82, 2.24) is 14.8 Å². The van der Waals surface area contributed by atoms with Crippen LogP contribution in [0.3, 0.4) is 0 Å². The van der Waals surface area contributed by atoms with Crippen LogP contribution in [0.15, 0.2) is 42.7 Å². The van der Waals surface area contributed by atoms with Crippen molar-refractivity contribution in [3.05, 3.63) is 64.3 Å². The summed E-state index contributed by atoms with van der Waals surface area (Å²) in [6.45, 7) is 4.99. The van der Waals surface area contributed by atoms with E-state index >= 15 is 0 Å². The molecular weight excluding hydrogens is 440 g/mol. The molecule has 1 amide bonds. The van der Waals surface area contributed by atoms with Crippen molar-refractivity contribution in [2.75, 3.05) is 11.9 Å². The molecule has 0 atom stereocenters. The number of aryl methyl sites for hydroxylation is 1. The lowest BCUT2D eigenvalue weighted by atomic mass is 10.0. The zero-order chi connectivity index (χ0) is 23.7. The van der Waals surface area contributed by atoms with E-state index in [9.17, 15) is 14.4 Å². The number of hydrogen-bond donors (Lipinski definition) is 1. The summed E-state index contributed by atoms with van der Waals surface area (Å²) in [4.78, 5) is 43.2. The Morgan fingerprint density at radius 1 is 1.21 bits per heavy atom. The maximum atomic E-state index is 13.4. The first-order valence-corrected chi connectivity index (χ1v) is 11.1. The highest BCUT2D eigenvalue weighted by Gasteiger charge is 2.26. The Balaban J connectivity index is 1.81. The van der Waals surface area contributed by atoms with Gasteiger partial charge in [-0.05, 0) is 38.5 Å². The molecule has 0 saturated heterocycles. The third kappa shape index (κ3) is 4.27. The first kappa shape index (κ1) is 22.3. The number of anilines is 1. The molecule has 1 aromatic carbocycles. The summed E-state index contributed by atoms with van der Waals surface area (Å²) in [6, 6.07) is 9.03. The molecule has 8 nitrogen and oxygen atoms in total. The molecule has 0 aliphatic heterocycles. The quantitative estimate of drug-likeness (QED) is 0.331. The van der Waals surface area contributed by atoms with Crippen LogP contribution in [0.2, 0.25) is 0 Å². The van der Waals surface area contributed by atoms with Gasteiger partial charge in [0.05, 0.1) is 40.0 Å². The maximum absolute atomic E-state index is 13.4. The molecule has 0 radical (unpaired) electrons. The number of nitrogens with zero attached hydrogens (tertiary/aromatic N) is 3. The Hall–Kier alpha value is -3.85. The van der Waals surface area contributed by atoms with E-state index in [-0.39, 0.29) is 23.0 Å². The number of carbonyl (C=O) groups excluding carboxylic acids is 3. The molecule has 168 valence electrons. The third-order valence-corrected chi connectivity index (χ3v) is 6.44. The van der Waals surface area contributed by atoms with Crippen molar-refractivity contribution in [2.24, 2.45) is 7.05 Å². The van der Waals surface area contributed by atoms with Gasteiger partial charge in [-0.1, -0.05) is 18.2 Å². The lowest BCUT2D eigenvalue weighted by Gasteiger charge is -2.10. The van der Waals surface area contributed by atoms with Crippen LogP contribution in [0, 0.1) is 6.92 Å². The number of nitrogens with one attached hydrogen (secondary N) is 1. The number of ether oxygens (including phenoxy) is 1. The van der Waals surface area contributed by atoms with Crippen LogP contribution in [-0.2, 0) is 11.8 Å². The highest BCUT2D eigenvalue weighted by Crippen LogP contribution is 2.35. The molecule has 0 aliphatic carbocycles. The van der Waals surface area contributed by atoms with E-state index in [2.05, 4.69) is 15.4 Å². The van der Waals surface area contributed by atoms with E-state index in [1.807, 2.05) is 30.5 Å². The van der Waals surface area contributed by atoms with Gasteiger partial charge in [-0.2, -0.15) is 5.10 Å². The zero-order valence-corrected chi connectivity index (χ0v) is 19.4. The molecule has 4 aromatic rings. The van der Waals surface area contributed by atoms with Crippen LogP contribution < -0.4 is 5.32 Å². The highest BCUT2D eigenvalue weighted by molar-refractivity contribution is 7.18. The summed E-state index contributed by atoms with van der Waals surface area (Å²) in [6.07, 6.45) is 3.50. The number of Topliss-reactive ketones (excluding diaryl/α,β-unsaturated/α-hetero) is 1. The largest absolute Gasteiger partial charge is 0.462 e. The zero-order valence-electron chi connectivity index (χ0n) is 18.6. The summed E-state index contributed by atoms with van der Waals surface area (Å²) in [7, 11) is 1.81. The minimum absolute atomic E-state index is 0.181. The molecule has 0 unspecified atom stereocenters. The number of amides is 1. The fourth-order valence-corrected chi connectivity index (χ4v) is 4.71. The number of para-hydroxylation sites is 1. The maximum Gasteiger partial charge on any atom is 0.341 e. The number of carbonyl (C=O) groups is 3.